The summed E-state index contributed by atoms with van der Waals surface area (Å²) in [6.45, 7) is 2.01. The number of hydroxylamine groups is 1. The SMILES string of the molecule is COc1ccc(N2C(=O)[C@@H]3[C@@H](c4ccccc4C)N(c4ccccc4)O[C@H]3C2=O)cc1. The van der Waals surface area contributed by atoms with Crippen LogP contribution in [-0.2, 0) is 14.4 Å². The van der Waals surface area contributed by atoms with Gasteiger partial charge in [-0.1, -0.05) is 42.5 Å². The molecule has 2 aliphatic rings. The Morgan fingerprint density at radius 2 is 1.48 bits per heavy atom. The van der Waals surface area contributed by atoms with E-state index in [1.165, 1.54) is 4.90 Å². The van der Waals surface area contributed by atoms with Crippen molar-refractivity contribution >= 4 is 23.2 Å². The van der Waals surface area contributed by atoms with Crippen LogP contribution in [0, 0.1) is 12.8 Å². The number of para-hydroxylation sites is 1. The van der Waals surface area contributed by atoms with Gasteiger partial charge in [0.05, 0.1) is 24.5 Å². The van der Waals surface area contributed by atoms with Crippen LogP contribution in [0.15, 0.2) is 78.9 Å². The molecule has 31 heavy (non-hydrogen) atoms. The van der Waals surface area contributed by atoms with Gasteiger partial charge >= 0.3 is 0 Å². The van der Waals surface area contributed by atoms with E-state index in [1.54, 1.807) is 36.4 Å². The topological polar surface area (TPSA) is 59.1 Å². The van der Waals surface area contributed by atoms with Gasteiger partial charge < -0.3 is 4.74 Å². The van der Waals surface area contributed by atoms with Gasteiger partial charge in [-0.3, -0.25) is 14.4 Å². The molecule has 2 aliphatic heterocycles. The van der Waals surface area contributed by atoms with E-state index in [1.807, 2.05) is 61.5 Å². The van der Waals surface area contributed by atoms with Crippen LogP contribution in [0.5, 0.6) is 5.75 Å². The van der Waals surface area contributed by atoms with Gasteiger partial charge in [0.2, 0.25) is 5.91 Å². The first-order valence-electron chi connectivity index (χ1n) is 10.2. The molecule has 3 atom stereocenters. The van der Waals surface area contributed by atoms with Gasteiger partial charge in [0.25, 0.3) is 5.91 Å². The maximum absolute atomic E-state index is 13.6. The van der Waals surface area contributed by atoms with Crippen LogP contribution in [0.1, 0.15) is 17.2 Å². The fraction of sp³-hybridized carbons (Fsp3) is 0.200. The molecule has 2 heterocycles. The third-order valence-corrected chi connectivity index (χ3v) is 5.96. The van der Waals surface area contributed by atoms with E-state index in [0.717, 1.165) is 16.8 Å². The summed E-state index contributed by atoms with van der Waals surface area (Å²) in [4.78, 5) is 34.3. The number of amides is 2. The molecule has 0 N–H and O–H groups in total. The zero-order chi connectivity index (χ0) is 21.5. The molecule has 5 rings (SSSR count). The molecule has 0 saturated carbocycles. The highest BCUT2D eigenvalue weighted by Gasteiger charge is 2.60. The van der Waals surface area contributed by atoms with Crippen molar-refractivity contribution in [3.8, 4) is 5.75 Å². The molecular weight excluding hydrogens is 392 g/mol. The Balaban J connectivity index is 1.58. The van der Waals surface area contributed by atoms with Crippen molar-refractivity contribution in [2.75, 3.05) is 17.1 Å². The van der Waals surface area contributed by atoms with Crippen LogP contribution in [0.3, 0.4) is 0 Å². The Morgan fingerprint density at radius 3 is 2.16 bits per heavy atom. The fourth-order valence-electron chi connectivity index (χ4n) is 4.43. The minimum atomic E-state index is -0.876. The molecule has 0 spiro atoms. The maximum atomic E-state index is 13.6. The first-order valence-corrected chi connectivity index (χ1v) is 10.2. The molecule has 3 aromatic carbocycles. The third kappa shape index (κ3) is 3.07. The molecule has 6 nitrogen and oxygen atoms in total. The number of benzene rings is 3. The Labute approximate surface area is 180 Å². The van der Waals surface area contributed by atoms with E-state index in [0.29, 0.717) is 11.4 Å². The van der Waals surface area contributed by atoms with Crippen LogP contribution in [0.4, 0.5) is 11.4 Å². The lowest BCUT2D eigenvalue weighted by molar-refractivity contribution is -0.126. The lowest BCUT2D eigenvalue weighted by atomic mass is 9.88. The molecule has 0 aliphatic carbocycles. The van der Waals surface area contributed by atoms with Crippen LogP contribution in [-0.4, -0.2) is 25.0 Å². The Morgan fingerprint density at radius 1 is 0.806 bits per heavy atom. The Hall–Kier alpha value is -3.64. The van der Waals surface area contributed by atoms with Crippen molar-refractivity contribution < 1.29 is 19.2 Å². The number of carbonyl (C=O) groups excluding carboxylic acids is 2. The van der Waals surface area contributed by atoms with Crippen molar-refractivity contribution in [2.45, 2.75) is 19.1 Å². The van der Waals surface area contributed by atoms with Crippen LogP contribution < -0.4 is 14.7 Å². The summed E-state index contributed by atoms with van der Waals surface area (Å²) in [6, 6.07) is 24.0. The third-order valence-electron chi connectivity index (χ3n) is 5.96. The van der Waals surface area contributed by atoms with E-state index in [9.17, 15) is 9.59 Å². The summed E-state index contributed by atoms with van der Waals surface area (Å²) < 4.78 is 5.19. The van der Waals surface area contributed by atoms with Gasteiger partial charge in [-0.05, 0) is 54.4 Å². The fourth-order valence-corrected chi connectivity index (χ4v) is 4.43. The molecular formula is C25H22N2O4. The number of anilines is 2. The second kappa shape index (κ2) is 7.56. The maximum Gasteiger partial charge on any atom is 0.266 e. The number of fused-ring (bicyclic) bond motifs is 1. The van der Waals surface area contributed by atoms with Crippen molar-refractivity contribution in [1.82, 2.24) is 0 Å². The summed E-state index contributed by atoms with van der Waals surface area (Å²) >= 11 is 0. The number of ether oxygens (including phenoxy) is 1. The molecule has 3 aromatic rings. The van der Waals surface area contributed by atoms with Gasteiger partial charge in [0, 0.05) is 0 Å². The van der Waals surface area contributed by atoms with E-state index >= 15 is 0 Å². The predicted molar refractivity (Wildman–Crippen MR) is 117 cm³/mol. The molecule has 2 saturated heterocycles. The molecule has 0 aromatic heterocycles. The molecule has 0 radical (unpaired) electrons. The van der Waals surface area contributed by atoms with E-state index < -0.39 is 18.1 Å². The number of carbonyl (C=O) groups is 2. The lowest BCUT2D eigenvalue weighted by Gasteiger charge is -2.29. The highest BCUT2D eigenvalue weighted by atomic mass is 16.7. The first-order chi connectivity index (χ1) is 15.1. The number of imide groups is 1. The van der Waals surface area contributed by atoms with Crippen LogP contribution in [0.2, 0.25) is 0 Å². The van der Waals surface area contributed by atoms with Crippen LogP contribution >= 0.6 is 0 Å². The average molecular weight is 414 g/mol. The second-order valence-electron chi connectivity index (χ2n) is 7.72. The van der Waals surface area contributed by atoms with Crippen molar-refractivity contribution in [3.05, 3.63) is 90.0 Å². The summed E-state index contributed by atoms with van der Waals surface area (Å²) in [6.07, 6.45) is -0.876. The molecule has 0 bridgehead atoms. The van der Waals surface area contributed by atoms with Crippen LogP contribution in [0.25, 0.3) is 0 Å². The Bertz CT molecular complexity index is 1130. The zero-order valence-corrected chi connectivity index (χ0v) is 17.3. The quantitative estimate of drug-likeness (QED) is 0.603. The number of nitrogens with zero attached hydrogens (tertiary/aromatic N) is 2. The molecule has 156 valence electrons. The lowest BCUT2D eigenvalue weighted by Crippen LogP contribution is -2.37. The smallest absolute Gasteiger partial charge is 0.266 e. The van der Waals surface area contributed by atoms with E-state index in [2.05, 4.69) is 0 Å². The largest absolute Gasteiger partial charge is 0.497 e. The van der Waals surface area contributed by atoms with Gasteiger partial charge in [-0.25, -0.2) is 9.96 Å². The number of rotatable bonds is 4. The number of methoxy groups -OCH3 is 1. The normalized spacial score (nSPS) is 22.7. The summed E-state index contributed by atoms with van der Waals surface area (Å²) in [5, 5.41) is 1.72. The average Bonchev–Trinajstić information content (AvgIpc) is 3.31. The van der Waals surface area contributed by atoms with Crippen molar-refractivity contribution in [3.63, 3.8) is 0 Å². The highest BCUT2D eigenvalue weighted by molar-refractivity contribution is 6.23. The van der Waals surface area contributed by atoms with E-state index in [-0.39, 0.29) is 11.8 Å². The minimum Gasteiger partial charge on any atom is -0.497 e. The number of aryl methyl sites for hydroxylation is 1. The van der Waals surface area contributed by atoms with Gasteiger partial charge in [-0.2, -0.15) is 0 Å². The van der Waals surface area contributed by atoms with Gasteiger partial charge in [0.15, 0.2) is 6.10 Å². The molecule has 2 fully saturated rings. The number of hydrogen-bond acceptors (Lipinski definition) is 5. The monoisotopic (exact) mass is 414 g/mol. The Kier molecular flexibility index (Phi) is 4.71. The van der Waals surface area contributed by atoms with Gasteiger partial charge in [-0.15, -0.1) is 0 Å². The summed E-state index contributed by atoms with van der Waals surface area (Å²) in [5.74, 6) is -0.590. The molecule has 0 unspecified atom stereocenters. The zero-order valence-electron chi connectivity index (χ0n) is 17.3. The first kappa shape index (κ1) is 19.3. The van der Waals surface area contributed by atoms with E-state index in [4.69, 9.17) is 9.57 Å². The van der Waals surface area contributed by atoms with Gasteiger partial charge in [0.1, 0.15) is 11.7 Å². The summed E-state index contributed by atoms with van der Waals surface area (Å²) in [5.41, 5.74) is 3.34. The predicted octanol–water partition coefficient (Wildman–Crippen LogP) is 4.05. The number of hydrogen-bond donors (Lipinski definition) is 0. The molecule has 6 heteroatoms. The molecule has 2 amide bonds. The summed E-state index contributed by atoms with van der Waals surface area (Å²) in [7, 11) is 1.57. The van der Waals surface area contributed by atoms with Crippen molar-refractivity contribution in [1.29, 1.82) is 0 Å². The second-order valence-corrected chi connectivity index (χ2v) is 7.72. The standard InChI is InChI=1S/C25H22N2O4/c1-16-8-6-7-11-20(16)22-21-23(31-27(22)18-9-4-3-5-10-18)25(29)26(24(21)28)17-12-14-19(30-2)15-13-17/h3-15,21-23H,1-2H3/t21-,22-,23-/m1/s1. The van der Waals surface area contributed by atoms with Crippen molar-refractivity contribution in [2.24, 2.45) is 5.92 Å². The minimum absolute atomic E-state index is 0.258. The highest BCUT2D eigenvalue weighted by Crippen LogP contribution is 2.48.